The van der Waals surface area contributed by atoms with Crippen LogP contribution in [0.4, 0.5) is 0 Å². The van der Waals surface area contributed by atoms with Gasteiger partial charge in [0.15, 0.2) is 22.8 Å². The largest absolute Gasteiger partial charge is 0.497 e. The van der Waals surface area contributed by atoms with Gasteiger partial charge >= 0.3 is 0 Å². The maximum atomic E-state index is 13.2. The summed E-state index contributed by atoms with van der Waals surface area (Å²) < 4.78 is 27.2. The zero-order valence-electron chi connectivity index (χ0n) is 22.1. The first-order valence-electron chi connectivity index (χ1n) is 12.1. The van der Waals surface area contributed by atoms with E-state index in [1.54, 1.807) is 62.8 Å². The molecule has 0 unspecified atom stereocenters. The standard InChI is InChI=1S/C29H29N3O7/c1-35-21-9-5-8-20(16-21)27(33)31-32-29-22(17-19-7-6-10-24(37-3)26(19)39-29)28(34)30-14-13-18-11-12-23(36-2)25(15-18)38-4/h5-12,15-17H,13-14H2,1-4H3,(H,30,34)(H,31,33). The average molecular weight is 532 g/mol. The Balaban J connectivity index is 1.60. The van der Waals surface area contributed by atoms with Gasteiger partial charge in [0.05, 0.1) is 28.4 Å². The Bertz CT molecular complexity index is 1560. The van der Waals surface area contributed by atoms with E-state index < -0.39 is 11.8 Å². The molecule has 1 aromatic heterocycles. The van der Waals surface area contributed by atoms with Crippen LogP contribution in [0.3, 0.4) is 0 Å². The van der Waals surface area contributed by atoms with E-state index in [4.69, 9.17) is 23.4 Å². The van der Waals surface area contributed by atoms with Gasteiger partial charge in [-0.2, -0.15) is 0 Å². The number of amides is 2. The Kier molecular flexibility index (Phi) is 8.67. The molecule has 0 radical (unpaired) electrons. The van der Waals surface area contributed by atoms with Gasteiger partial charge in [-0.25, -0.2) is 5.43 Å². The minimum Gasteiger partial charge on any atom is -0.497 e. The van der Waals surface area contributed by atoms with Crippen LogP contribution in [0.15, 0.2) is 76.2 Å². The third-order valence-corrected chi connectivity index (χ3v) is 5.94. The summed E-state index contributed by atoms with van der Waals surface area (Å²) in [4.78, 5) is 26.0. The van der Waals surface area contributed by atoms with Crippen LogP contribution < -0.4 is 35.2 Å². The van der Waals surface area contributed by atoms with Crippen molar-refractivity contribution < 1.29 is 33.0 Å². The van der Waals surface area contributed by atoms with Gasteiger partial charge in [0.1, 0.15) is 11.3 Å². The molecule has 0 fully saturated rings. The Morgan fingerprint density at radius 3 is 2.31 bits per heavy atom. The molecule has 0 aliphatic carbocycles. The highest BCUT2D eigenvalue weighted by Crippen LogP contribution is 2.28. The minimum absolute atomic E-state index is 0.0770. The van der Waals surface area contributed by atoms with Crippen LogP contribution in [-0.4, -0.2) is 46.8 Å². The lowest BCUT2D eigenvalue weighted by Crippen LogP contribution is -2.32. The summed E-state index contributed by atoms with van der Waals surface area (Å²) >= 11 is 0. The zero-order chi connectivity index (χ0) is 27.8. The third-order valence-electron chi connectivity index (χ3n) is 5.94. The van der Waals surface area contributed by atoms with E-state index in [9.17, 15) is 9.59 Å². The van der Waals surface area contributed by atoms with Crippen LogP contribution in [0.5, 0.6) is 23.0 Å². The van der Waals surface area contributed by atoms with Crippen LogP contribution in [0.2, 0.25) is 0 Å². The van der Waals surface area contributed by atoms with E-state index >= 15 is 0 Å². The number of rotatable bonds is 10. The summed E-state index contributed by atoms with van der Waals surface area (Å²) in [6.07, 6.45) is 0.545. The average Bonchev–Trinajstić information content (AvgIpc) is 2.98. The maximum Gasteiger partial charge on any atom is 0.271 e. The number of hydrogen-bond donors (Lipinski definition) is 2. The van der Waals surface area contributed by atoms with Gasteiger partial charge in [-0.05, 0) is 54.4 Å². The van der Waals surface area contributed by atoms with E-state index in [-0.39, 0.29) is 11.1 Å². The first-order valence-corrected chi connectivity index (χ1v) is 12.1. The topological polar surface area (TPSA) is 121 Å². The number of carbonyl (C=O) groups is 2. The molecule has 10 heteroatoms. The Labute approximate surface area is 225 Å². The molecule has 0 atom stereocenters. The number of carbonyl (C=O) groups excluding carboxylic acids is 2. The zero-order valence-corrected chi connectivity index (χ0v) is 22.1. The second-order valence-corrected chi connectivity index (χ2v) is 8.32. The molecule has 0 saturated heterocycles. The molecule has 3 aromatic carbocycles. The molecule has 1 heterocycles. The summed E-state index contributed by atoms with van der Waals surface area (Å²) in [5.74, 6) is 1.31. The van der Waals surface area contributed by atoms with E-state index in [0.717, 1.165) is 5.56 Å². The lowest BCUT2D eigenvalue weighted by molar-refractivity contribution is 0.0934. The number of fused-ring (bicyclic) bond motifs is 1. The quantitative estimate of drug-likeness (QED) is 0.300. The van der Waals surface area contributed by atoms with Crippen LogP contribution in [-0.2, 0) is 6.42 Å². The van der Waals surface area contributed by atoms with Gasteiger partial charge in [0.2, 0.25) is 5.55 Å². The predicted molar refractivity (Wildman–Crippen MR) is 144 cm³/mol. The van der Waals surface area contributed by atoms with Crippen molar-refractivity contribution in [2.24, 2.45) is 5.10 Å². The van der Waals surface area contributed by atoms with E-state index in [1.165, 1.54) is 14.2 Å². The van der Waals surface area contributed by atoms with Crippen molar-refractivity contribution in [1.29, 1.82) is 0 Å². The molecule has 4 rings (SSSR count). The van der Waals surface area contributed by atoms with E-state index in [0.29, 0.717) is 52.5 Å². The summed E-state index contributed by atoms with van der Waals surface area (Å²) in [6, 6.07) is 19.1. The second-order valence-electron chi connectivity index (χ2n) is 8.32. The van der Waals surface area contributed by atoms with E-state index in [1.807, 2.05) is 18.2 Å². The fourth-order valence-electron chi connectivity index (χ4n) is 3.91. The number of hydrogen-bond acceptors (Lipinski definition) is 8. The van der Waals surface area contributed by atoms with Crippen molar-refractivity contribution in [2.75, 3.05) is 35.0 Å². The number of nitrogens with one attached hydrogen (secondary N) is 2. The highest BCUT2D eigenvalue weighted by atomic mass is 16.5. The van der Waals surface area contributed by atoms with Crippen LogP contribution >= 0.6 is 0 Å². The molecule has 10 nitrogen and oxygen atoms in total. The first kappa shape index (κ1) is 27.1. The molecule has 0 aliphatic heterocycles. The van der Waals surface area contributed by atoms with E-state index in [2.05, 4.69) is 15.8 Å². The van der Waals surface area contributed by atoms with Crippen molar-refractivity contribution in [3.05, 3.63) is 89.0 Å². The lowest BCUT2D eigenvalue weighted by atomic mass is 10.1. The molecule has 2 amide bonds. The maximum absolute atomic E-state index is 13.2. The second kappa shape index (κ2) is 12.5. The molecule has 2 N–H and O–H groups in total. The highest BCUT2D eigenvalue weighted by molar-refractivity contribution is 5.97. The van der Waals surface area contributed by atoms with Crippen molar-refractivity contribution in [3.63, 3.8) is 0 Å². The molecule has 0 bridgehead atoms. The Morgan fingerprint density at radius 2 is 1.56 bits per heavy atom. The summed E-state index contributed by atoms with van der Waals surface area (Å²) in [6.45, 7) is 0.333. The van der Waals surface area contributed by atoms with Crippen molar-refractivity contribution in [1.82, 2.24) is 10.7 Å². The predicted octanol–water partition coefficient (Wildman–Crippen LogP) is 3.69. The van der Waals surface area contributed by atoms with Gasteiger partial charge in [0, 0.05) is 17.5 Å². The van der Waals surface area contributed by atoms with Gasteiger partial charge in [-0.15, -0.1) is 5.10 Å². The number of benzene rings is 3. The van der Waals surface area contributed by atoms with Crippen LogP contribution in [0.1, 0.15) is 26.3 Å². The lowest BCUT2D eigenvalue weighted by Gasteiger charge is -2.11. The SMILES string of the molecule is COc1cccc(C(=O)NN=c2oc3c(OC)cccc3cc2C(=O)NCCc2ccc(OC)c(OC)c2)c1. The first-order chi connectivity index (χ1) is 19.0. The minimum atomic E-state index is -0.496. The van der Waals surface area contributed by atoms with Gasteiger partial charge in [-0.3, -0.25) is 9.59 Å². The van der Waals surface area contributed by atoms with Crippen LogP contribution in [0, 0.1) is 0 Å². The summed E-state index contributed by atoms with van der Waals surface area (Å²) in [5, 5.41) is 7.67. The smallest absolute Gasteiger partial charge is 0.271 e. The van der Waals surface area contributed by atoms with Crippen molar-refractivity contribution in [2.45, 2.75) is 6.42 Å². The Hall–Kier alpha value is -4.99. The van der Waals surface area contributed by atoms with Crippen molar-refractivity contribution >= 4 is 22.8 Å². The molecule has 0 aliphatic rings. The number of para-hydroxylation sites is 1. The number of nitrogens with zero attached hydrogens (tertiary/aromatic N) is 1. The highest BCUT2D eigenvalue weighted by Gasteiger charge is 2.16. The molecule has 4 aromatic rings. The third kappa shape index (κ3) is 6.30. The molecule has 39 heavy (non-hydrogen) atoms. The summed E-state index contributed by atoms with van der Waals surface area (Å²) in [5.41, 5.74) is 4.20. The monoisotopic (exact) mass is 531 g/mol. The van der Waals surface area contributed by atoms with Gasteiger partial charge in [-0.1, -0.05) is 24.3 Å². The van der Waals surface area contributed by atoms with Crippen molar-refractivity contribution in [3.8, 4) is 23.0 Å². The normalized spacial score (nSPS) is 11.1. The molecular formula is C29H29N3O7. The molecular weight excluding hydrogens is 502 g/mol. The van der Waals surface area contributed by atoms with Gasteiger partial charge < -0.3 is 28.7 Å². The molecule has 0 saturated carbocycles. The molecule has 0 spiro atoms. The van der Waals surface area contributed by atoms with Gasteiger partial charge in [0.25, 0.3) is 11.8 Å². The number of methoxy groups -OCH3 is 4. The van der Waals surface area contributed by atoms with Crippen LogP contribution in [0.25, 0.3) is 11.0 Å². The summed E-state index contributed by atoms with van der Waals surface area (Å²) in [7, 11) is 6.17. The number of ether oxygens (including phenoxy) is 4. The molecule has 202 valence electrons. The Morgan fingerprint density at radius 1 is 0.795 bits per heavy atom. The fourth-order valence-corrected chi connectivity index (χ4v) is 3.91. The fraction of sp³-hybridized carbons (Fsp3) is 0.207.